The number of imide groups is 1. The maximum Gasteiger partial charge on any atom is 0.335 e. The monoisotopic (exact) mass is 605 g/mol. The van der Waals surface area contributed by atoms with Crippen molar-refractivity contribution in [3.63, 3.8) is 0 Å². The van der Waals surface area contributed by atoms with Gasteiger partial charge >= 0.3 is 12.0 Å². The van der Waals surface area contributed by atoms with E-state index < -0.39 is 35.3 Å². The molecule has 0 spiro atoms. The molecule has 2 fully saturated rings. The highest BCUT2D eigenvalue weighted by Crippen LogP contribution is 2.52. The molecule has 3 aliphatic rings. The molecule has 3 atom stereocenters. The minimum absolute atomic E-state index is 0.0511. The molecule has 4 heterocycles. The first-order valence-electron chi connectivity index (χ1n) is 14.0. The van der Waals surface area contributed by atoms with Gasteiger partial charge in [0.05, 0.1) is 53.4 Å². The summed E-state index contributed by atoms with van der Waals surface area (Å²) in [6.45, 7) is 3.16. The number of thioether (sulfide) groups is 1. The van der Waals surface area contributed by atoms with E-state index in [0.717, 1.165) is 28.9 Å². The second kappa shape index (κ2) is 12.2. The lowest BCUT2D eigenvalue weighted by atomic mass is 9.94. The summed E-state index contributed by atoms with van der Waals surface area (Å²) in [4.78, 5) is 47.7. The molecule has 2 aromatic carbocycles. The number of carbonyl (C=O) groups excluding carboxylic acids is 2. The number of fused-ring (bicyclic) bond motifs is 1. The van der Waals surface area contributed by atoms with Gasteiger partial charge in [-0.3, -0.25) is 4.79 Å². The first kappa shape index (κ1) is 29.0. The van der Waals surface area contributed by atoms with Crippen LogP contribution in [-0.4, -0.2) is 71.2 Å². The zero-order valence-electron chi connectivity index (χ0n) is 23.7. The molecule has 3 amide bonds. The summed E-state index contributed by atoms with van der Waals surface area (Å²) in [5.74, 6) is -1.18. The molecule has 12 heteroatoms. The standard InChI is InChI=1S/C31H31N3O8S/c1-18-25-28(35)34(20-9-7-19(8-10-20)30(36)37)31(38)33(29(25)43-26(18)27-32-13-16-41-27)17-24(42-21-11-14-40-15-12-21)22-5-3-4-6-23(22)39-2/h3-10,13,16,21,24-25,29H,11-12,14-15,17H2,1-2H3,(H,36,37). The quantitative estimate of drug-likeness (QED) is 0.347. The largest absolute Gasteiger partial charge is 0.496 e. The van der Waals surface area contributed by atoms with Crippen LogP contribution >= 0.6 is 11.8 Å². The van der Waals surface area contributed by atoms with E-state index in [1.807, 2.05) is 31.2 Å². The van der Waals surface area contributed by atoms with Crippen LogP contribution in [0.1, 0.15) is 47.7 Å². The van der Waals surface area contributed by atoms with Crippen LogP contribution in [0, 0.1) is 5.92 Å². The summed E-state index contributed by atoms with van der Waals surface area (Å²) in [6, 6.07) is 12.7. The van der Waals surface area contributed by atoms with Crippen LogP contribution in [0.5, 0.6) is 5.75 Å². The Hall–Kier alpha value is -4.13. The number of para-hydroxylation sites is 1. The van der Waals surface area contributed by atoms with Crippen LogP contribution in [0.2, 0.25) is 0 Å². The Bertz CT molecular complexity index is 1530. The Morgan fingerprint density at radius 1 is 1.14 bits per heavy atom. The molecule has 3 aliphatic heterocycles. The number of hydrogen-bond acceptors (Lipinski definition) is 9. The molecule has 0 aliphatic carbocycles. The highest BCUT2D eigenvalue weighted by atomic mass is 32.2. The number of methoxy groups -OCH3 is 1. The molecule has 3 unspecified atom stereocenters. The van der Waals surface area contributed by atoms with E-state index >= 15 is 0 Å². The summed E-state index contributed by atoms with van der Waals surface area (Å²) < 4.78 is 23.5. The van der Waals surface area contributed by atoms with Gasteiger partial charge in [0.2, 0.25) is 11.8 Å². The lowest BCUT2D eigenvalue weighted by Gasteiger charge is -2.43. The van der Waals surface area contributed by atoms with Gasteiger partial charge in [0.1, 0.15) is 18.1 Å². The van der Waals surface area contributed by atoms with Gasteiger partial charge in [-0.05, 0) is 55.7 Å². The van der Waals surface area contributed by atoms with Gasteiger partial charge < -0.3 is 28.6 Å². The Balaban J connectivity index is 1.41. The molecule has 1 N–H and O–H groups in total. The van der Waals surface area contributed by atoms with Crippen LogP contribution in [0.3, 0.4) is 0 Å². The summed E-state index contributed by atoms with van der Waals surface area (Å²) in [6.07, 6.45) is 3.79. The zero-order valence-corrected chi connectivity index (χ0v) is 24.5. The van der Waals surface area contributed by atoms with E-state index in [1.54, 1.807) is 18.2 Å². The molecule has 43 heavy (non-hydrogen) atoms. The number of carboxylic acid groups (broad SMARTS) is 1. The molecule has 0 saturated carbocycles. The smallest absolute Gasteiger partial charge is 0.335 e. The minimum atomic E-state index is -1.10. The Morgan fingerprint density at radius 3 is 2.56 bits per heavy atom. The summed E-state index contributed by atoms with van der Waals surface area (Å²) >= 11 is 1.37. The van der Waals surface area contributed by atoms with Crippen molar-refractivity contribution in [3.05, 3.63) is 83.6 Å². The van der Waals surface area contributed by atoms with Crippen LogP contribution in [-0.2, 0) is 14.3 Å². The second-order valence-electron chi connectivity index (χ2n) is 10.5. The maximum absolute atomic E-state index is 14.3. The highest BCUT2D eigenvalue weighted by molar-refractivity contribution is 8.09. The van der Waals surface area contributed by atoms with Crippen LogP contribution in [0.15, 0.2) is 71.0 Å². The summed E-state index contributed by atoms with van der Waals surface area (Å²) in [7, 11) is 1.59. The second-order valence-corrected chi connectivity index (χ2v) is 11.6. The SMILES string of the molecule is COc1ccccc1C(CN1C(=O)N(c2ccc(C(=O)O)cc2)C(=O)C2C(C)=C(c3ncco3)SC21)OC1CCOCC1. The van der Waals surface area contributed by atoms with Gasteiger partial charge in [0, 0.05) is 18.8 Å². The zero-order chi connectivity index (χ0) is 30.1. The lowest BCUT2D eigenvalue weighted by molar-refractivity contribution is -0.123. The van der Waals surface area contributed by atoms with Crippen molar-refractivity contribution in [2.75, 3.05) is 31.8 Å². The number of urea groups is 1. The molecule has 224 valence electrons. The van der Waals surface area contributed by atoms with Gasteiger partial charge in [-0.1, -0.05) is 30.0 Å². The number of benzene rings is 2. The molecule has 3 aromatic rings. The number of aromatic carboxylic acids is 1. The summed E-state index contributed by atoms with van der Waals surface area (Å²) in [5.41, 5.74) is 1.86. The Morgan fingerprint density at radius 2 is 1.88 bits per heavy atom. The number of hydrogen-bond donors (Lipinski definition) is 1. The van der Waals surface area contributed by atoms with Gasteiger partial charge in [0.25, 0.3) is 0 Å². The lowest BCUT2D eigenvalue weighted by Crippen LogP contribution is -2.61. The third-order valence-electron chi connectivity index (χ3n) is 7.95. The average Bonchev–Trinajstić information content (AvgIpc) is 3.68. The molecule has 11 nitrogen and oxygen atoms in total. The van der Waals surface area contributed by atoms with Crippen molar-refractivity contribution in [2.45, 2.75) is 37.3 Å². The van der Waals surface area contributed by atoms with Crippen molar-refractivity contribution in [2.24, 2.45) is 5.92 Å². The van der Waals surface area contributed by atoms with Gasteiger partial charge in [-0.25, -0.2) is 19.5 Å². The average molecular weight is 606 g/mol. The number of carboxylic acids is 1. The number of anilines is 1. The third-order valence-corrected chi connectivity index (χ3v) is 9.45. The predicted octanol–water partition coefficient (Wildman–Crippen LogP) is 5.21. The third kappa shape index (κ3) is 5.53. The number of oxazole rings is 1. The van der Waals surface area contributed by atoms with E-state index in [2.05, 4.69) is 4.98 Å². The Kier molecular flexibility index (Phi) is 8.24. The number of nitrogens with zero attached hydrogens (tertiary/aromatic N) is 3. The number of rotatable bonds is 9. The van der Waals surface area contributed by atoms with Crippen molar-refractivity contribution >= 4 is 40.3 Å². The molecule has 6 rings (SSSR count). The highest BCUT2D eigenvalue weighted by Gasteiger charge is 2.53. The molecule has 0 bridgehead atoms. The maximum atomic E-state index is 14.3. The fourth-order valence-electron chi connectivity index (χ4n) is 5.76. The summed E-state index contributed by atoms with van der Waals surface area (Å²) in [5, 5.41) is 8.81. The molecule has 2 saturated heterocycles. The fourth-order valence-corrected chi connectivity index (χ4v) is 7.27. The van der Waals surface area contributed by atoms with Crippen LogP contribution in [0.4, 0.5) is 10.5 Å². The predicted molar refractivity (Wildman–Crippen MR) is 158 cm³/mol. The molecular formula is C31H31N3O8S. The van der Waals surface area contributed by atoms with E-state index in [0.29, 0.717) is 29.8 Å². The van der Waals surface area contributed by atoms with Crippen LogP contribution in [0.25, 0.3) is 4.91 Å². The van der Waals surface area contributed by atoms with Gasteiger partial charge in [-0.15, -0.1) is 0 Å². The van der Waals surface area contributed by atoms with E-state index in [1.165, 1.54) is 42.3 Å². The van der Waals surface area contributed by atoms with Crippen LogP contribution < -0.4 is 9.64 Å². The molecule has 0 radical (unpaired) electrons. The van der Waals surface area contributed by atoms with Gasteiger partial charge in [-0.2, -0.15) is 0 Å². The van der Waals surface area contributed by atoms with E-state index in [-0.39, 0.29) is 23.9 Å². The number of aromatic nitrogens is 1. The number of amides is 3. The first-order valence-corrected chi connectivity index (χ1v) is 14.9. The fraction of sp³-hybridized carbons (Fsp3) is 0.355. The number of ether oxygens (including phenoxy) is 3. The van der Waals surface area contributed by atoms with Crippen molar-refractivity contribution in [1.29, 1.82) is 0 Å². The molecular weight excluding hydrogens is 574 g/mol. The first-order chi connectivity index (χ1) is 20.9. The Labute approximate surface area is 252 Å². The van der Waals surface area contributed by atoms with Crippen molar-refractivity contribution < 1.29 is 38.1 Å². The van der Waals surface area contributed by atoms with Crippen molar-refractivity contribution in [3.8, 4) is 5.75 Å². The van der Waals surface area contributed by atoms with Gasteiger partial charge in [0.15, 0.2) is 0 Å². The van der Waals surface area contributed by atoms with E-state index in [9.17, 15) is 19.5 Å². The number of carbonyl (C=O) groups is 3. The minimum Gasteiger partial charge on any atom is -0.496 e. The topological polar surface area (TPSA) is 132 Å². The van der Waals surface area contributed by atoms with E-state index in [4.69, 9.17) is 18.6 Å². The molecule has 1 aromatic heterocycles. The van der Waals surface area contributed by atoms with Crippen molar-refractivity contribution in [1.82, 2.24) is 9.88 Å². The normalized spacial score (nSPS) is 21.7.